The van der Waals surface area contributed by atoms with Crippen LogP contribution in [0.25, 0.3) is 0 Å². The normalized spacial score (nSPS) is 13.2. The number of thiophene rings is 1. The first-order valence-corrected chi connectivity index (χ1v) is 8.70. The molecule has 0 aliphatic rings. The van der Waals surface area contributed by atoms with Crippen molar-refractivity contribution in [3.8, 4) is 0 Å². The van der Waals surface area contributed by atoms with E-state index in [1.54, 1.807) is 24.3 Å². The molecule has 0 amide bonds. The Balaban J connectivity index is 2.11. The number of rotatable bonds is 5. The number of benzene rings is 1. The predicted octanol–water partition coefficient (Wildman–Crippen LogP) is 3.48. The maximum Gasteiger partial charge on any atom is 0.240 e. The highest BCUT2D eigenvalue weighted by molar-refractivity contribution is 7.89. The van der Waals surface area contributed by atoms with Gasteiger partial charge < -0.3 is 5.32 Å². The minimum absolute atomic E-state index is 0.102. The third-order valence-electron chi connectivity index (χ3n) is 2.90. The van der Waals surface area contributed by atoms with Crippen LogP contribution in [0.2, 0.25) is 4.34 Å². The summed E-state index contributed by atoms with van der Waals surface area (Å²) in [7, 11) is -1.99. The van der Waals surface area contributed by atoms with Crippen LogP contribution in [-0.4, -0.2) is 15.5 Å². The van der Waals surface area contributed by atoms with Gasteiger partial charge in [0.15, 0.2) is 0 Å². The van der Waals surface area contributed by atoms with E-state index in [0.29, 0.717) is 0 Å². The van der Waals surface area contributed by atoms with Gasteiger partial charge >= 0.3 is 0 Å². The Kier molecular flexibility index (Phi) is 4.70. The van der Waals surface area contributed by atoms with Gasteiger partial charge in [0.25, 0.3) is 0 Å². The van der Waals surface area contributed by atoms with Crippen molar-refractivity contribution in [3.05, 3.63) is 45.6 Å². The summed E-state index contributed by atoms with van der Waals surface area (Å²) in [6.45, 7) is 2.02. The summed E-state index contributed by atoms with van der Waals surface area (Å²) >= 11 is 7.40. The lowest BCUT2D eigenvalue weighted by Gasteiger charge is -2.14. The summed E-state index contributed by atoms with van der Waals surface area (Å²) in [5, 5.41) is 5.30. The number of hydrogen-bond donors (Lipinski definition) is 2. The zero-order valence-corrected chi connectivity index (χ0v) is 13.4. The van der Waals surface area contributed by atoms with Crippen molar-refractivity contribution in [2.24, 2.45) is 0 Å². The molecule has 2 rings (SSSR count). The lowest BCUT2D eigenvalue weighted by molar-refractivity contribution is 0.588. The molecular formula is C13H15ClN2O2S2. The van der Waals surface area contributed by atoms with Gasteiger partial charge in [0.2, 0.25) is 10.0 Å². The third-order valence-corrected chi connectivity index (χ3v) is 5.44. The molecule has 0 aliphatic heterocycles. The molecule has 7 heteroatoms. The van der Waals surface area contributed by atoms with Crippen LogP contribution in [0, 0.1) is 0 Å². The topological polar surface area (TPSA) is 58.2 Å². The van der Waals surface area contributed by atoms with E-state index < -0.39 is 10.0 Å². The SMILES string of the molecule is CNS(=O)(=O)c1ccc(NC(C)c2csc(Cl)c2)cc1. The summed E-state index contributed by atoms with van der Waals surface area (Å²) in [5.74, 6) is 0. The average Bonchev–Trinajstić information content (AvgIpc) is 2.86. The lowest BCUT2D eigenvalue weighted by atomic mass is 10.1. The second-order valence-corrected chi connectivity index (χ2v) is 7.71. The molecule has 1 atom stereocenters. The van der Waals surface area contributed by atoms with Gasteiger partial charge in [-0.15, -0.1) is 11.3 Å². The molecule has 0 radical (unpaired) electrons. The van der Waals surface area contributed by atoms with E-state index >= 15 is 0 Å². The van der Waals surface area contributed by atoms with Crippen LogP contribution >= 0.6 is 22.9 Å². The molecule has 0 saturated carbocycles. The second kappa shape index (κ2) is 6.13. The quantitative estimate of drug-likeness (QED) is 0.882. The Bertz CT molecular complexity index is 681. The van der Waals surface area contributed by atoms with E-state index in [1.807, 2.05) is 18.4 Å². The Hall–Kier alpha value is -1.08. The van der Waals surface area contributed by atoms with Crippen LogP contribution in [0.1, 0.15) is 18.5 Å². The molecule has 0 spiro atoms. The number of sulfonamides is 1. The van der Waals surface area contributed by atoms with Gasteiger partial charge in [-0.2, -0.15) is 0 Å². The average molecular weight is 331 g/mol. The van der Waals surface area contributed by atoms with Gasteiger partial charge in [-0.3, -0.25) is 0 Å². The van der Waals surface area contributed by atoms with Crippen LogP contribution < -0.4 is 10.0 Å². The minimum atomic E-state index is -3.39. The van der Waals surface area contributed by atoms with Crippen molar-refractivity contribution in [3.63, 3.8) is 0 Å². The molecule has 1 heterocycles. The lowest BCUT2D eigenvalue weighted by Crippen LogP contribution is -2.18. The van der Waals surface area contributed by atoms with Gasteiger partial charge in [0.1, 0.15) is 0 Å². The molecule has 0 aliphatic carbocycles. The van der Waals surface area contributed by atoms with Gasteiger partial charge in [0, 0.05) is 11.7 Å². The zero-order chi connectivity index (χ0) is 14.8. The summed E-state index contributed by atoms with van der Waals surface area (Å²) < 4.78 is 26.3. The summed E-state index contributed by atoms with van der Waals surface area (Å²) in [6.07, 6.45) is 0. The largest absolute Gasteiger partial charge is 0.378 e. The van der Waals surface area contributed by atoms with Crippen molar-refractivity contribution >= 4 is 38.6 Å². The predicted molar refractivity (Wildman–Crippen MR) is 84.1 cm³/mol. The molecule has 2 N–H and O–H groups in total. The number of hydrogen-bond acceptors (Lipinski definition) is 4. The van der Waals surface area contributed by atoms with E-state index in [-0.39, 0.29) is 10.9 Å². The Morgan fingerprint density at radius 3 is 2.40 bits per heavy atom. The standard InChI is InChI=1S/C13H15ClN2O2S2/c1-9(10-7-13(14)19-8-10)16-11-3-5-12(6-4-11)20(17,18)15-2/h3-9,15-16H,1-2H3. The Morgan fingerprint density at radius 2 is 1.90 bits per heavy atom. The highest BCUT2D eigenvalue weighted by Gasteiger charge is 2.11. The summed E-state index contributed by atoms with van der Waals surface area (Å²) in [4.78, 5) is 0.247. The minimum Gasteiger partial charge on any atom is -0.378 e. The molecule has 4 nitrogen and oxygen atoms in total. The molecule has 0 bridgehead atoms. The maximum absolute atomic E-state index is 11.6. The van der Waals surface area contributed by atoms with E-state index in [4.69, 9.17) is 11.6 Å². The van der Waals surface area contributed by atoms with Crippen molar-refractivity contribution in [2.45, 2.75) is 17.9 Å². The van der Waals surface area contributed by atoms with E-state index in [9.17, 15) is 8.42 Å². The molecule has 1 aromatic heterocycles. The molecule has 20 heavy (non-hydrogen) atoms. The van der Waals surface area contributed by atoms with Crippen molar-refractivity contribution in [1.29, 1.82) is 0 Å². The fourth-order valence-corrected chi connectivity index (χ4v) is 3.45. The van der Waals surface area contributed by atoms with Crippen LogP contribution in [0.5, 0.6) is 0 Å². The number of nitrogens with one attached hydrogen (secondary N) is 2. The molecular weight excluding hydrogens is 316 g/mol. The first-order valence-electron chi connectivity index (χ1n) is 5.96. The number of halogens is 1. The maximum atomic E-state index is 11.6. The van der Waals surface area contributed by atoms with Crippen molar-refractivity contribution in [2.75, 3.05) is 12.4 Å². The van der Waals surface area contributed by atoms with Crippen molar-refractivity contribution in [1.82, 2.24) is 4.72 Å². The smallest absolute Gasteiger partial charge is 0.240 e. The summed E-state index contributed by atoms with van der Waals surface area (Å²) in [6, 6.07) is 8.65. The van der Waals surface area contributed by atoms with Gasteiger partial charge in [-0.1, -0.05) is 11.6 Å². The number of anilines is 1. The van der Waals surface area contributed by atoms with Crippen molar-refractivity contribution < 1.29 is 8.42 Å². The van der Waals surface area contributed by atoms with E-state index in [0.717, 1.165) is 15.6 Å². The van der Waals surface area contributed by atoms with E-state index in [1.165, 1.54) is 18.4 Å². The van der Waals surface area contributed by atoms with Crippen LogP contribution in [-0.2, 0) is 10.0 Å². The molecule has 0 fully saturated rings. The summed E-state index contributed by atoms with van der Waals surface area (Å²) in [5.41, 5.74) is 1.96. The molecule has 2 aromatic rings. The van der Waals surface area contributed by atoms with Gasteiger partial charge in [-0.25, -0.2) is 13.1 Å². The Labute approximate surface area is 127 Å². The first-order chi connectivity index (χ1) is 9.42. The monoisotopic (exact) mass is 330 g/mol. The highest BCUT2D eigenvalue weighted by Crippen LogP contribution is 2.27. The van der Waals surface area contributed by atoms with Gasteiger partial charge in [-0.05, 0) is 55.2 Å². The third kappa shape index (κ3) is 3.52. The Morgan fingerprint density at radius 1 is 1.25 bits per heavy atom. The highest BCUT2D eigenvalue weighted by atomic mass is 35.5. The molecule has 1 aromatic carbocycles. The van der Waals surface area contributed by atoms with Crippen LogP contribution in [0.4, 0.5) is 5.69 Å². The first kappa shape index (κ1) is 15.3. The molecule has 108 valence electrons. The zero-order valence-electron chi connectivity index (χ0n) is 11.1. The fraction of sp³-hybridized carbons (Fsp3) is 0.231. The van der Waals surface area contributed by atoms with Gasteiger partial charge in [0.05, 0.1) is 9.23 Å². The fourth-order valence-electron chi connectivity index (χ4n) is 1.73. The van der Waals surface area contributed by atoms with Crippen LogP contribution in [0.3, 0.4) is 0 Å². The molecule has 1 unspecified atom stereocenters. The molecule has 0 saturated heterocycles. The second-order valence-electron chi connectivity index (χ2n) is 4.28. The van der Waals surface area contributed by atoms with E-state index in [2.05, 4.69) is 10.0 Å². The van der Waals surface area contributed by atoms with Crippen LogP contribution in [0.15, 0.2) is 40.6 Å².